The molecule has 22 heavy (non-hydrogen) atoms. The van der Waals surface area contributed by atoms with Crippen LogP contribution in [0.1, 0.15) is 43.7 Å². The summed E-state index contributed by atoms with van der Waals surface area (Å²) >= 11 is 6.09. The summed E-state index contributed by atoms with van der Waals surface area (Å²) in [6.07, 6.45) is 7.53. The first-order chi connectivity index (χ1) is 10.4. The van der Waals surface area contributed by atoms with Crippen molar-refractivity contribution in [2.75, 3.05) is 24.3 Å². The summed E-state index contributed by atoms with van der Waals surface area (Å²) in [6, 6.07) is 3.84. The molecule has 2 rings (SSSR count). The number of benzene rings is 1. The van der Waals surface area contributed by atoms with Crippen LogP contribution < -0.4 is 5.32 Å². The zero-order chi connectivity index (χ0) is 16.3. The van der Waals surface area contributed by atoms with E-state index in [1.807, 2.05) is 26.0 Å². The molecule has 1 aliphatic rings. The van der Waals surface area contributed by atoms with E-state index >= 15 is 0 Å². The van der Waals surface area contributed by atoms with Gasteiger partial charge in [-0.15, -0.1) is 0 Å². The van der Waals surface area contributed by atoms with E-state index in [-0.39, 0.29) is 11.6 Å². The summed E-state index contributed by atoms with van der Waals surface area (Å²) < 4.78 is 0. The summed E-state index contributed by atoms with van der Waals surface area (Å²) in [4.78, 5) is 12.9. The van der Waals surface area contributed by atoms with Gasteiger partial charge in [0.25, 0.3) is 0 Å². The molecule has 1 atom stereocenters. The van der Waals surface area contributed by atoms with E-state index in [1.165, 1.54) is 31.6 Å². The third-order valence-electron chi connectivity index (χ3n) is 5.31. The summed E-state index contributed by atoms with van der Waals surface area (Å²) in [5.74, 6) is 0.229. The van der Waals surface area contributed by atoms with Crippen molar-refractivity contribution in [3.05, 3.63) is 28.3 Å². The van der Waals surface area contributed by atoms with Gasteiger partial charge >= 0.3 is 140 Å². The van der Waals surface area contributed by atoms with Gasteiger partial charge in [-0.1, -0.05) is 0 Å². The summed E-state index contributed by atoms with van der Waals surface area (Å²) in [5.41, 5.74) is 3.26. The van der Waals surface area contributed by atoms with Crippen LogP contribution >= 0.6 is 18.9 Å². The van der Waals surface area contributed by atoms with Crippen LogP contribution in [0.3, 0.4) is 0 Å². The number of amides is 1. The Morgan fingerprint density at radius 2 is 1.77 bits per heavy atom. The molecule has 1 fully saturated rings. The Morgan fingerprint density at radius 3 is 2.27 bits per heavy atom. The zero-order valence-electron chi connectivity index (χ0n) is 14.3. The van der Waals surface area contributed by atoms with E-state index in [0.717, 1.165) is 28.3 Å². The molecule has 1 heterocycles. The Balaban J connectivity index is 2.20. The molecule has 1 amide bonds. The SMILES string of the molecule is CCC(C(=O)Nc1c(C)cc(Cl)cc1C)[PH]1(C)CCCCC1. The van der Waals surface area contributed by atoms with Crippen molar-refractivity contribution in [1.29, 1.82) is 0 Å². The van der Waals surface area contributed by atoms with Gasteiger partial charge in [0, 0.05) is 0 Å². The Kier molecular flexibility index (Phi) is 5.91. The molecule has 0 spiro atoms. The first-order valence-electron chi connectivity index (χ1n) is 8.45. The number of hydrogen-bond donors (Lipinski definition) is 1. The van der Waals surface area contributed by atoms with Gasteiger partial charge in [0.1, 0.15) is 0 Å². The van der Waals surface area contributed by atoms with Crippen molar-refractivity contribution in [3.63, 3.8) is 0 Å². The monoisotopic (exact) mass is 341 g/mol. The second-order valence-corrected chi connectivity index (χ2v) is 12.5. The van der Waals surface area contributed by atoms with Gasteiger partial charge in [-0.3, -0.25) is 0 Å². The predicted molar refractivity (Wildman–Crippen MR) is 101 cm³/mol. The first-order valence-corrected chi connectivity index (χ1v) is 11.8. The molecule has 0 aromatic heterocycles. The van der Waals surface area contributed by atoms with Crippen LogP contribution in [0.4, 0.5) is 5.69 Å². The number of nitrogens with one attached hydrogen (secondary N) is 1. The molecule has 0 aliphatic carbocycles. The predicted octanol–water partition coefficient (Wildman–Crippen LogP) is 5.24. The van der Waals surface area contributed by atoms with Crippen molar-refractivity contribution in [3.8, 4) is 0 Å². The van der Waals surface area contributed by atoms with E-state index in [4.69, 9.17) is 11.6 Å². The summed E-state index contributed by atoms with van der Waals surface area (Å²) in [7, 11) is -1.47. The fourth-order valence-corrected chi connectivity index (χ4v) is 9.10. The van der Waals surface area contributed by atoms with E-state index in [1.54, 1.807) is 0 Å². The molecule has 0 bridgehead atoms. The molecule has 0 radical (unpaired) electrons. The van der Waals surface area contributed by atoms with Gasteiger partial charge in [0.2, 0.25) is 0 Å². The molecule has 1 aromatic carbocycles. The number of rotatable bonds is 4. The number of hydrogen-bond acceptors (Lipinski definition) is 1. The van der Waals surface area contributed by atoms with Crippen LogP contribution in [0, 0.1) is 13.8 Å². The molecule has 4 heteroatoms. The number of anilines is 1. The van der Waals surface area contributed by atoms with Crippen molar-refractivity contribution in [1.82, 2.24) is 0 Å². The van der Waals surface area contributed by atoms with Gasteiger partial charge in [-0.2, -0.15) is 0 Å². The zero-order valence-corrected chi connectivity index (χ0v) is 16.0. The molecular weight excluding hydrogens is 313 g/mol. The van der Waals surface area contributed by atoms with Gasteiger partial charge in [-0.05, 0) is 0 Å². The molecule has 124 valence electrons. The maximum atomic E-state index is 12.9. The second kappa shape index (κ2) is 7.32. The minimum atomic E-state index is -1.47. The fraction of sp³-hybridized carbons (Fsp3) is 0.611. The van der Waals surface area contributed by atoms with Gasteiger partial charge < -0.3 is 0 Å². The van der Waals surface area contributed by atoms with Crippen LogP contribution in [0.25, 0.3) is 0 Å². The first kappa shape index (κ1) is 17.8. The molecule has 1 N–H and O–H groups in total. The standard InChI is InChI=1S/C18H29ClNOP/c1-5-16(22(4)9-7-6-8-10-22)18(21)20-17-13(2)11-15(19)12-14(17)3/h11-12,16,22H,5-10H2,1-4H3,(H,20,21). The topological polar surface area (TPSA) is 29.1 Å². The van der Waals surface area contributed by atoms with Crippen molar-refractivity contribution < 1.29 is 4.79 Å². The average Bonchev–Trinajstić information content (AvgIpc) is 2.44. The Morgan fingerprint density at radius 1 is 1.23 bits per heavy atom. The number of carbonyl (C=O) groups is 1. The quantitative estimate of drug-likeness (QED) is 0.746. The van der Waals surface area contributed by atoms with Gasteiger partial charge in [-0.25, -0.2) is 0 Å². The molecule has 2 nitrogen and oxygen atoms in total. The molecule has 1 aliphatic heterocycles. The molecule has 0 saturated carbocycles. The number of aryl methyl sites for hydroxylation is 2. The Bertz CT molecular complexity index is 529. The van der Waals surface area contributed by atoms with Crippen LogP contribution in [0.2, 0.25) is 5.02 Å². The molecular formula is C18H29ClNOP. The van der Waals surface area contributed by atoms with Crippen LogP contribution in [0.5, 0.6) is 0 Å². The maximum absolute atomic E-state index is 12.9. The van der Waals surface area contributed by atoms with E-state index < -0.39 is 7.26 Å². The van der Waals surface area contributed by atoms with Gasteiger partial charge in [0.15, 0.2) is 0 Å². The van der Waals surface area contributed by atoms with Crippen LogP contribution in [-0.4, -0.2) is 30.6 Å². The van der Waals surface area contributed by atoms with Crippen molar-refractivity contribution >= 4 is 30.5 Å². The summed E-state index contributed by atoms with van der Waals surface area (Å²) in [5, 5.41) is 3.95. The third-order valence-corrected chi connectivity index (χ3v) is 10.9. The van der Waals surface area contributed by atoms with Crippen molar-refractivity contribution in [2.24, 2.45) is 0 Å². The number of halogens is 1. The molecule has 1 aromatic rings. The molecule has 1 saturated heterocycles. The van der Waals surface area contributed by atoms with Crippen LogP contribution in [0.15, 0.2) is 12.1 Å². The van der Waals surface area contributed by atoms with E-state index in [9.17, 15) is 4.79 Å². The normalized spacial score (nSPS) is 20.2. The van der Waals surface area contributed by atoms with Crippen LogP contribution in [-0.2, 0) is 4.79 Å². The summed E-state index contributed by atoms with van der Waals surface area (Å²) in [6.45, 7) is 8.62. The average molecular weight is 342 g/mol. The van der Waals surface area contributed by atoms with Gasteiger partial charge in [0.05, 0.1) is 0 Å². The second-order valence-electron chi connectivity index (χ2n) is 7.08. The van der Waals surface area contributed by atoms with Crippen molar-refractivity contribution in [2.45, 2.75) is 52.1 Å². The Labute approximate surface area is 140 Å². The third kappa shape index (κ3) is 3.84. The van der Waals surface area contributed by atoms with E-state index in [2.05, 4.69) is 18.9 Å². The number of carbonyl (C=O) groups excluding carboxylic acids is 1. The fourth-order valence-electron chi connectivity index (χ4n) is 4.02. The van der Waals surface area contributed by atoms with E-state index in [0.29, 0.717) is 0 Å². The molecule has 1 unspecified atom stereocenters. The Hall–Kier alpha value is -0.590. The minimum absolute atomic E-state index is 0.224.